The molecule has 0 bridgehead atoms. The lowest BCUT2D eigenvalue weighted by Gasteiger charge is -2.31. The molecule has 29 heavy (non-hydrogen) atoms. The van der Waals surface area contributed by atoms with Crippen molar-refractivity contribution in [3.05, 3.63) is 39.6 Å². The molecule has 0 aromatic carbocycles. The molecule has 0 unspecified atom stereocenters. The van der Waals surface area contributed by atoms with Crippen LogP contribution in [-0.2, 0) is 14.3 Å². The van der Waals surface area contributed by atoms with Crippen LogP contribution >= 0.6 is 11.3 Å². The van der Waals surface area contributed by atoms with Gasteiger partial charge in [-0.3, -0.25) is 0 Å². The molecule has 0 atom stereocenters. The van der Waals surface area contributed by atoms with Crippen LogP contribution in [0, 0.1) is 18.8 Å². The number of esters is 2. The predicted molar refractivity (Wildman–Crippen MR) is 121 cm³/mol. The first-order valence-corrected chi connectivity index (χ1v) is 11.2. The first-order chi connectivity index (χ1) is 13.6. The van der Waals surface area contributed by atoms with Gasteiger partial charge in [-0.25, -0.2) is 9.59 Å². The molecule has 2 rings (SSSR count). The first-order valence-electron chi connectivity index (χ1n) is 10.3. The van der Waals surface area contributed by atoms with Crippen molar-refractivity contribution >= 4 is 28.8 Å². The highest BCUT2D eigenvalue weighted by molar-refractivity contribution is 7.11. The predicted octanol–water partition coefficient (Wildman–Crippen LogP) is 6.59. The molecule has 1 fully saturated rings. The Kier molecular flexibility index (Phi) is 7.87. The van der Waals surface area contributed by atoms with E-state index in [9.17, 15) is 9.59 Å². The van der Waals surface area contributed by atoms with Crippen molar-refractivity contribution in [3.8, 4) is 0 Å². The largest absolute Gasteiger partial charge is 0.465 e. The first kappa shape index (κ1) is 23.4. The van der Waals surface area contributed by atoms with Crippen molar-refractivity contribution in [2.45, 2.75) is 72.3 Å². The van der Waals surface area contributed by atoms with Crippen LogP contribution < -0.4 is 0 Å². The standard InChI is InChI=1S/C24H34O4S.H2/c1-8-19(21-16(3)20(14-29-21)23(26)27-7)18-11-9-17(10-12-18)13-15(2)22(25)28-24(4,5)6;/h8,14,17-18H,2,9-13H2,1,3-7H3;1H/b19-8+;. The molecule has 0 spiro atoms. The minimum atomic E-state index is -0.486. The molecule has 1 aliphatic rings. The molecule has 1 aliphatic carbocycles. The Bertz CT molecular complexity index is 793. The highest BCUT2D eigenvalue weighted by Crippen LogP contribution is 2.42. The van der Waals surface area contributed by atoms with Crippen molar-refractivity contribution in [1.82, 2.24) is 0 Å². The summed E-state index contributed by atoms with van der Waals surface area (Å²) in [5.74, 6) is 0.399. The zero-order valence-corrected chi connectivity index (χ0v) is 19.4. The number of rotatable bonds is 6. The number of hydrogen-bond acceptors (Lipinski definition) is 5. The van der Waals surface area contributed by atoms with Gasteiger partial charge in [-0.15, -0.1) is 11.3 Å². The number of thiophene rings is 1. The van der Waals surface area contributed by atoms with Crippen molar-refractivity contribution in [2.75, 3.05) is 7.11 Å². The van der Waals surface area contributed by atoms with Gasteiger partial charge in [0.2, 0.25) is 0 Å². The summed E-state index contributed by atoms with van der Waals surface area (Å²) in [4.78, 5) is 25.3. The summed E-state index contributed by atoms with van der Waals surface area (Å²) in [6.45, 7) is 13.7. The lowest BCUT2D eigenvalue weighted by atomic mass is 9.75. The van der Waals surface area contributed by atoms with Crippen LogP contribution in [0.1, 0.15) is 82.0 Å². The van der Waals surface area contributed by atoms with Crippen LogP contribution in [0.15, 0.2) is 23.6 Å². The maximum Gasteiger partial charge on any atom is 0.338 e. The highest BCUT2D eigenvalue weighted by Gasteiger charge is 2.28. The van der Waals surface area contributed by atoms with Crippen LogP contribution in [0.5, 0.6) is 0 Å². The van der Waals surface area contributed by atoms with E-state index >= 15 is 0 Å². The summed E-state index contributed by atoms with van der Waals surface area (Å²) >= 11 is 1.62. The molecule has 0 amide bonds. The molecule has 4 nitrogen and oxygen atoms in total. The van der Waals surface area contributed by atoms with Gasteiger partial charge in [0.1, 0.15) is 5.60 Å². The van der Waals surface area contributed by atoms with Crippen molar-refractivity contribution in [1.29, 1.82) is 0 Å². The summed E-state index contributed by atoms with van der Waals surface area (Å²) in [6, 6.07) is 0. The number of methoxy groups -OCH3 is 1. The van der Waals surface area contributed by atoms with Gasteiger partial charge in [-0.2, -0.15) is 0 Å². The Morgan fingerprint density at radius 1 is 1.28 bits per heavy atom. The van der Waals surface area contributed by atoms with Gasteiger partial charge in [0.05, 0.1) is 12.7 Å². The zero-order valence-electron chi connectivity index (χ0n) is 18.6. The third kappa shape index (κ3) is 6.05. The second-order valence-corrected chi connectivity index (χ2v) is 9.75. The van der Waals surface area contributed by atoms with E-state index in [0.717, 1.165) is 31.2 Å². The van der Waals surface area contributed by atoms with E-state index in [2.05, 4.69) is 19.6 Å². The summed E-state index contributed by atoms with van der Waals surface area (Å²) in [5, 5.41) is 1.90. The molecule has 0 N–H and O–H groups in total. The highest BCUT2D eigenvalue weighted by atomic mass is 32.1. The van der Waals surface area contributed by atoms with Crippen LogP contribution in [0.3, 0.4) is 0 Å². The Morgan fingerprint density at radius 3 is 2.41 bits per heavy atom. The average molecular weight is 421 g/mol. The third-order valence-electron chi connectivity index (χ3n) is 5.53. The fourth-order valence-corrected chi connectivity index (χ4v) is 5.24. The van der Waals surface area contributed by atoms with E-state index in [-0.39, 0.29) is 13.4 Å². The fraction of sp³-hybridized carbons (Fsp3) is 0.583. The van der Waals surface area contributed by atoms with Crippen LogP contribution in [-0.4, -0.2) is 24.6 Å². The molecule has 1 aromatic rings. The van der Waals surface area contributed by atoms with Crippen molar-refractivity contribution in [2.24, 2.45) is 11.8 Å². The molecule has 0 radical (unpaired) electrons. The molecule has 0 aliphatic heterocycles. The molecular weight excluding hydrogens is 384 g/mol. The van der Waals surface area contributed by atoms with Crippen LogP contribution in [0.4, 0.5) is 0 Å². The van der Waals surface area contributed by atoms with Crippen molar-refractivity contribution < 1.29 is 20.5 Å². The molecular formula is C24H36O4S. The van der Waals surface area contributed by atoms with Gasteiger partial charge in [0.15, 0.2) is 0 Å². The monoisotopic (exact) mass is 420 g/mol. The summed E-state index contributed by atoms with van der Waals surface area (Å²) in [5.41, 5.74) is 3.09. The summed E-state index contributed by atoms with van der Waals surface area (Å²) in [7, 11) is 1.42. The Morgan fingerprint density at radius 2 is 1.90 bits per heavy atom. The van der Waals surface area contributed by atoms with E-state index in [4.69, 9.17) is 9.47 Å². The molecule has 5 heteroatoms. The second-order valence-electron chi connectivity index (χ2n) is 8.87. The van der Waals surface area contributed by atoms with Crippen LogP contribution in [0.25, 0.3) is 5.57 Å². The minimum Gasteiger partial charge on any atom is -0.465 e. The van der Waals surface area contributed by atoms with E-state index in [0.29, 0.717) is 29.4 Å². The smallest absolute Gasteiger partial charge is 0.338 e. The summed E-state index contributed by atoms with van der Waals surface area (Å²) < 4.78 is 10.3. The quantitative estimate of drug-likeness (QED) is 0.385. The Balaban J connectivity index is 0.00000450. The number of allylic oxidation sites excluding steroid dienone is 2. The van der Waals surface area contributed by atoms with Gasteiger partial charge < -0.3 is 9.47 Å². The Labute approximate surface area is 180 Å². The lowest BCUT2D eigenvalue weighted by Crippen LogP contribution is -2.25. The second kappa shape index (κ2) is 9.75. The maximum atomic E-state index is 12.2. The SMILES string of the molecule is C=C(CC1CCC(/C(=C\C)c2scc(C(=O)OC)c2C)CC1)C(=O)OC(C)(C)C.[HH]. The maximum absolute atomic E-state index is 12.2. The van der Waals surface area contributed by atoms with E-state index in [1.54, 1.807) is 11.3 Å². The molecule has 1 saturated carbocycles. The van der Waals surface area contributed by atoms with E-state index < -0.39 is 5.60 Å². The number of hydrogen-bond donors (Lipinski definition) is 0. The topological polar surface area (TPSA) is 52.6 Å². The van der Waals surface area contributed by atoms with Gasteiger partial charge in [-0.05, 0) is 89.7 Å². The number of ether oxygens (including phenoxy) is 2. The summed E-state index contributed by atoms with van der Waals surface area (Å²) in [6.07, 6.45) is 7.19. The number of carbonyl (C=O) groups excluding carboxylic acids is 2. The third-order valence-corrected chi connectivity index (χ3v) is 6.66. The molecule has 0 saturated heterocycles. The minimum absolute atomic E-state index is 0. The molecule has 1 heterocycles. The number of carbonyl (C=O) groups is 2. The van der Waals surface area contributed by atoms with Crippen LogP contribution in [0.2, 0.25) is 0 Å². The van der Waals surface area contributed by atoms with Gasteiger partial charge in [0.25, 0.3) is 0 Å². The Hall–Kier alpha value is -1.88. The van der Waals surface area contributed by atoms with E-state index in [1.807, 2.05) is 33.1 Å². The van der Waals surface area contributed by atoms with Crippen molar-refractivity contribution in [3.63, 3.8) is 0 Å². The van der Waals surface area contributed by atoms with E-state index in [1.165, 1.54) is 17.6 Å². The van der Waals surface area contributed by atoms with Gasteiger partial charge in [0, 0.05) is 17.3 Å². The molecule has 162 valence electrons. The fourth-order valence-electron chi connectivity index (χ4n) is 4.02. The van der Waals surface area contributed by atoms with Gasteiger partial charge >= 0.3 is 11.9 Å². The lowest BCUT2D eigenvalue weighted by molar-refractivity contribution is -0.150. The average Bonchev–Trinajstić information content (AvgIpc) is 3.03. The zero-order chi connectivity index (χ0) is 21.8. The molecule has 1 aromatic heterocycles. The van der Waals surface area contributed by atoms with Gasteiger partial charge in [-0.1, -0.05) is 12.7 Å². The normalized spacial score (nSPS) is 20.3.